The zero-order valence-corrected chi connectivity index (χ0v) is 19.9. The summed E-state index contributed by atoms with van der Waals surface area (Å²) < 4.78 is 32.9. The van der Waals surface area contributed by atoms with Gasteiger partial charge in [0, 0.05) is 31.7 Å². The van der Waals surface area contributed by atoms with E-state index in [1.165, 1.54) is 42.3 Å². The molecule has 0 aliphatic rings. The van der Waals surface area contributed by atoms with Crippen LogP contribution in [-0.4, -0.2) is 46.3 Å². The van der Waals surface area contributed by atoms with Crippen molar-refractivity contribution in [3.63, 3.8) is 0 Å². The number of hydrogen-bond acceptors (Lipinski definition) is 5. The van der Waals surface area contributed by atoms with E-state index in [1.54, 1.807) is 62.6 Å². The predicted octanol–water partition coefficient (Wildman–Crippen LogP) is 4.15. The predicted molar refractivity (Wildman–Crippen MR) is 127 cm³/mol. The third kappa shape index (κ3) is 5.53. The Hall–Kier alpha value is -3.36. The summed E-state index contributed by atoms with van der Waals surface area (Å²) in [6.07, 6.45) is -1.16. The van der Waals surface area contributed by atoms with E-state index in [0.29, 0.717) is 16.3 Å². The minimum absolute atomic E-state index is 0.00283. The first-order valence-corrected chi connectivity index (χ1v) is 11.7. The lowest BCUT2D eigenvalue weighted by Gasteiger charge is -2.22. The molecule has 0 aliphatic carbocycles. The van der Waals surface area contributed by atoms with Crippen molar-refractivity contribution in [3.8, 4) is 0 Å². The average Bonchev–Trinajstić information content (AvgIpc) is 2.82. The summed E-state index contributed by atoms with van der Waals surface area (Å²) >= 11 is 5.98. The molecule has 7 nitrogen and oxygen atoms in total. The zero-order valence-electron chi connectivity index (χ0n) is 18.3. The molecule has 0 aromatic heterocycles. The Balaban J connectivity index is 1.90. The largest absolute Gasteiger partial charge is 0.444 e. The maximum Gasteiger partial charge on any atom is 0.339 e. The first kappa shape index (κ1) is 24.3. The highest BCUT2D eigenvalue weighted by Gasteiger charge is 2.28. The standard InChI is InChI=1S/C24H23ClN2O5S/c1-26(2)23(28)22(17-9-5-4-6-10-17)32-24(29)18-11-7-14-21(15-18)33(30,31)27(3)20-13-8-12-19(25)16-20/h4-16,22H,1-3H3. The Morgan fingerprint density at radius 3 is 2.18 bits per heavy atom. The number of nitrogens with zero attached hydrogens (tertiary/aromatic N) is 2. The minimum Gasteiger partial charge on any atom is -0.444 e. The van der Waals surface area contributed by atoms with E-state index in [0.717, 1.165) is 4.31 Å². The van der Waals surface area contributed by atoms with Crippen molar-refractivity contribution in [2.45, 2.75) is 11.0 Å². The summed E-state index contributed by atoms with van der Waals surface area (Å²) in [5.41, 5.74) is 0.883. The van der Waals surface area contributed by atoms with Crippen LogP contribution in [-0.2, 0) is 19.6 Å². The minimum atomic E-state index is -3.98. The quantitative estimate of drug-likeness (QED) is 0.468. The van der Waals surface area contributed by atoms with Crippen molar-refractivity contribution in [3.05, 3.63) is 95.0 Å². The second-order valence-corrected chi connectivity index (χ2v) is 9.81. The van der Waals surface area contributed by atoms with Gasteiger partial charge in [-0.1, -0.05) is 54.1 Å². The van der Waals surface area contributed by atoms with Gasteiger partial charge in [0.2, 0.25) is 6.10 Å². The van der Waals surface area contributed by atoms with Crippen molar-refractivity contribution in [1.82, 2.24) is 4.90 Å². The van der Waals surface area contributed by atoms with Gasteiger partial charge < -0.3 is 9.64 Å². The van der Waals surface area contributed by atoms with Crippen molar-refractivity contribution in [2.75, 3.05) is 25.4 Å². The summed E-state index contributed by atoms with van der Waals surface area (Å²) in [7, 11) is 0.534. The molecule has 33 heavy (non-hydrogen) atoms. The normalized spacial score (nSPS) is 12.0. The zero-order chi connectivity index (χ0) is 24.2. The molecular weight excluding hydrogens is 464 g/mol. The highest BCUT2D eigenvalue weighted by Crippen LogP contribution is 2.26. The van der Waals surface area contributed by atoms with Crippen molar-refractivity contribution >= 4 is 39.2 Å². The van der Waals surface area contributed by atoms with E-state index < -0.39 is 28.0 Å². The highest BCUT2D eigenvalue weighted by molar-refractivity contribution is 7.92. The topological polar surface area (TPSA) is 84.0 Å². The highest BCUT2D eigenvalue weighted by atomic mass is 35.5. The number of carbonyl (C=O) groups excluding carboxylic acids is 2. The maximum atomic E-state index is 13.1. The SMILES string of the molecule is CN(C)C(=O)C(OC(=O)c1cccc(S(=O)(=O)N(C)c2cccc(Cl)c2)c1)c1ccccc1. The van der Waals surface area contributed by atoms with Gasteiger partial charge >= 0.3 is 5.97 Å². The lowest BCUT2D eigenvalue weighted by atomic mass is 10.1. The number of ether oxygens (including phenoxy) is 1. The number of likely N-dealkylation sites (N-methyl/N-ethyl adjacent to an activating group) is 1. The molecule has 3 aromatic rings. The lowest BCUT2D eigenvalue weighted by molar-refractivity contribution is -0.138. The molecule has 0 fully saturated rings. The molecule has 9 heteroatoms. The van der Waals surface area contributed by atoms with Gasteiger partial charge in [0.25, 0.3) is 15.9 Å². The third-order valence-corrected chi connectivity index (χ3v) is 6.91. The van der Waals surface area contributed by atoms with Gasteiger partial charge in [-0.15, -0.1) is 0 Å². The molecule has 0 saturated carbocycles. The molecule has 1 amide bonds. The molecule has 172 valence electrons. The van der Waals surface area contributed by atoms with Gasteiger partial charge in [-0.25, -0.2) is 13.2 Å². The molecule has 3 aromatic carbocycles. The number of anilines is 1. The van der Waals surface area contributed by atoms with Crippen LogP contribution in [0, 0.1) is 0 Å². The van der Waals surface area contributed by atoms with Crippen LogP contribution < -0.4 is 4.31 Å². The number of rotatable bonds is 7. The van der Waals surface area contributed by atoms with Gasteiger partial charge in [0.15, 0.2) is 0 Å². The number of carbonyl (C=O) groups is 2. The molecule has 0 bridgehead atoms. The van der Waals surface area contributed by atoms with E-state index >= 15 is 0 Å². The molecular formula is C24H23ClN2O5S. The molecule has 3 rings (SSSR count). The third-order valence-electron chi connectivity index (χ3n) is 4.89. The first-order chi connectivity index (χ1) is 15.6. The molecule has 1 unspecified atom stereocenters. The van der Waals surface area contributed by atoms with Gasteiger partial charge in [0.05, 0.1) is 16.1 Å². The van der Waals surface area contributed by atoms with Crippen LogP contribution in [0.25, 0.3) is 0 Å². The lowest BCUT2D eigenvalue weighted by Crippen LogP contribution is -2.31. The summed E-state index contributed by atoms with van der Waals surface area (Å²) in [5, 5.41) is 0.393. The Labute approximate surface area is 198 Å². The number of esters is 1. The van der Waals surface area contributed by atoms with Crippen molar-refractivity contribution in [1.29, 1.82) is 0 Å². The van der Waals surface area contributed by atoms with Crippen LogP contribution >= 0.6 is 11.6 Å². The molecule has 0 aliphatic heterocycles. The fraction of sp³-hybridized carbons (Fsp3) is 0.167. The van der Waals surface area contributed by atoms with Gasteiger partial charge in [-0.2, -0.15) is 0 Å². The average molecular weight is 487 g/mol. The number of amides is 1. The molecule has 0 radical (unpaired) electrons. The Morgan fingerprint density at radius 1 is 0.879 bits per heavy atom. The number of benzene rings is 3. The Morgan fingerprint density at radius 2 is 1.55 bits per heavy atom. The molecule has 1 atom stereocenters. The smallest absolute Gasteiger partial charge is 0.339 e. The van der Waals surface area contributed by atoms with Gasteiger partial charge in [-0.3, -0.25) is 9.10 Å². The first-order valence-electron chi connectivity index (χ1n) is 9.93. The van der Waals surface area contributed by atoms with Gasteiger partial charge in [-0.05, 0) is 36.4 Å². The Kier molecular flexibility index (Phi) is 7.40. The van der Waals surface area contributed by atoms with Gasteiger partial charge in [0.1, 0.15) is 0 Å². The van der Waals surface area contributed by atoms with Crippen LogP contribution in [0.2, 0.25) is 5.02 Å². The molecule has 0 N–H and O–H groups in total. The van der Waals surface area contributed by atoms with Crippen LogP contribution in [0.1, 0.15) is 22.0 Å². The van der Waals surface area contributed by atoms with Crippen LogP contribution in [0.3, 0.4) is 0 Å². The summed E-state index contributed by atoms with van der Waals surface area (Å²) in [5.74, 6) is -1.24. The Bertz CT molecular complexity index is 1260. The van der Waals surface area contributed by atoms with Crippen LogP contribution in [0.5, 0.6) is 0 Å². The van der Waals surface area contributed by atoms with Crippen molar-refractivity contribution < 1.29 is 22.7 Å². The summed E-state index contributed by atoms with van der Waals surface area (Å²) in [6.45, 7) is 0. The van der Waals surface area contributed by atoms with E-state index in [2.05, 4.69) is 0 Å². The number of hydrogen-bond donors (Lipinski definition) is 0. The summed E-state index contributed by atoms with van der Waals surface area (Å²) in [6, 6.07) is 20.5. The number of halogens is 1. The monoisotopic (exact) mass is 486 g/mol. The van der Waals surface area contributed by atoms with E-state index in [4.69, 9.17) is 16.3 Å². The van der Waals surface area contributed by atoms with Crippen molar-refractivity contribution in [2.24, 2.45) is 0 Å². The number of sulfonamides is 1. The second-order valence-electron chi connectivity index (χ2n) is 7.41. The van der Waals surface area contributed by atoms with E-state index in [9.17, 15) is 18.0 Å². The fourth-order valence-corrected chi connectivity index (χ4v) is 4.47. The van der Waals surface area contributed by atoms with E-state index in [1.807, 2.05) is 0 Å². The van der Waals surface area contributed by atoms with Crippen LogP contribution in [0.4, 0.5) is 5.69 Å². The molecule has 0 spiro atoms. The maximum absolute atomic E-state index is 13.1. The van der Waals surface area contributed by atoms with Crippen LogP contribution in [0.15, 0.2) is 83.8 Å². The second kappa shape index (κ2) is 10.1. The fourth-order valence-electron chi connectivity index (χ4n) is 3.05. The summed E-state index contributed by atoms with van der Waals surface area (Å²) in [4.78, 5) is 26.8. The van der Waals surface area contributed by atoms with E-state index in [-0.39, 0.29) is 10.5 Å². The molecule has 0 heterocycles. The molecule has 0 saturated heterocycles.